The summed E-state index contributed by atoms with van der Waals surface area (Å²) in [4.78, 5) is 15.6. The van der Waals surface area contributed by atoms with Gasteiger partial charge in [0.05, 0.1) is 4.88 Å². The van der Waals surface area contributed by atoms with Gasteiger partial charge in [0.1, 0.15) is 0 Å². The van der Waals surface area contributed by atoms with E-state index in [0.717, 1.165) is 50.6 Å². The molecule has 6 heteroatoms. The lowest BCUT2D eigenvalue weighted by Gasteiger charge is -2.48. The molecule has 1 aromatic rings. The van der Waals surface area contributed by atoms with Gasteiger partial charge in [0.25, 0.3) is 5.91 Å². The van der Waals surface area contributed by atoms with Gasteiger partial charge in [0.15, 0.2) is 0 Å². The number of nitrogens with one attached hydrogen (secondary N) is 1. The van der Waals surface area contributed by atoms with Gasteiger partial charge < -0.3 is 10.1 Å². The minimum atomic E-state index is 0.0576. The van der Waals surface area contributed by atoms with E-state index in [2.05, 4.69) is 10.2 Å². The second-order valence-corrected chi connectivity index (χ2v) is 7.77. The molecular formula is C15H22N2O2S2. The number of amides is 1. The summed E-state index contributed by atoms with van der Waals surface area (Å²) in [5, 5.41) is 5.11. The Hall–Kier alpha value is -0.560. The summed E-state index contributed by atoms with van der Waals surface area (Å²) < 4.78 is 5.55. The van der Waals surface area contributed by atoms with Crippen LogP contribution in [-0.4, -0.2) is 60.7 Å². The minimum Gasteiger partial charge on any atom is -0.381 e. The van der Waals surface area contributed by atoms with E-state index in [-0.39, 0.29) is 11.4 Å². The maximum absolute atomic E-state index is 12.2. The topological polar surface area (TPSA) is 41.6 Å². The molecule has 3 heterocycles. The van der Waals surface area contributed by atoms with Gasteiger partial charge in [-0.15, -0.1) is 11.3 Å². The summed E-state index contributed by atoms with van der Waals surface area (Å²) in [5.41, 5.74) is 0.0894. The molecule has 0 spiro atoms. The van der Waals surface area contributed by atoms with Gasteiger partial charge in [-0.25, -0.2) is 0 Å². The summed E-state index contributed by atoms with van der Waals surface area (Å²) in [6, 6.07) is 3.81. The molecule has 2 saturated heterocycles. The lowest BCUT2D eigenvalue weighted by atomic mass is 9.87. The first-order chi connectivity index (χ1) is 10.3. The number of thioether (sulfide) groups is 1. The minimum absolute atomic E-state index is 0.0576. The van der Waals surface area contributed by atoms with Crippen molar-refractivity contribution in [3.05, 3.63) is 22.4 Å². The highest BCUT2D eigenvalue weighted by Gasteiger charge is 2.39. The van der Waals surface area contributed by atoms with Crippen LogP contribution in [0.1, 0.15) is 22.5 Å². The largest absolute Gasteiger partial charge is 0.381 e. The number of ether oxygens (including phenoxy) is 1. The molecule has 1 N–H and O–H groups in total. The second kappa shape index (κ2) is 7.13. The lowest BCUT2D eigenvalue weighted by molar-refractivity contribution is -0.0236. The highest BCUT2D eigenvalue weighted by molar-refractivity contribution is 7.99. The Morgan fingerprint density at radius 2 is 2.10 bits per heavy atom. The Morgan fingerprint density at radius 1 is 1.33 bits per heavy atom. The summed E-state index contributed by atoms with van der Waals surface area (Å²) >= 11 is 3.52. The Morgan fingerprint density at radius 3 is 2.76 bits per heavy atom. The SMILES string of the molecule is O=C(NCC1(N2CCSCC2)CCOCC1)c1cccs1. The molecule has 3 rings (SSSR count). The van der Waals surface area contributed by atoms with Crippen molar-refractivity contribution in [1.82, 2.24) is 10.2 Å². The molecule has 2 aliphatic rings. The van der Waals surface area contributed by atoms with Crippen LogP contribution in [0.5, 0.6) is 0 Å². The summed E-state index contributed by atoms with van der Waals surface area (Å²) in [5.74, 6) is 2.45. The van der Waals surface area contributed by atoms with Crippen molar-refractivity contribution in [2.75, 3.05) is 44.4 Å². The molecule has 0 radical (unpaired) electrons. The number of hydrogen-bond donors (Lipinski definition) is 1. The fourth-order valence-electron chi connectivity index (χ4n) is 3.13. The van der Waals surface area contributed by atoms with E-state index >= 15 is 0 Å². The van der Waals surface area contributed by atoms with Crippen molar-refractivity contribution in [2.24, 2.45) is 0 Å². The van der Waals surface area contributed by atoms with Crippen LogP contribution in [0, 0.1) is 0 Å². The van der Waals surface area contributed by atoms with Crippen molar-refractivity contribution >= 4 is 29.0 Å². The molecule has 1 aromatic heterocycles. The first-order valence-corrected chi connectivity index (χ1v) is 9.56. The molecule has 116 valence electrons. The first kappa shape index (κ1) is 15.3. The standard InChI is InChI=1S/C15H22N2O2S2/c18-14(13-2-1-9-21-13)16-12-15(3-7-19-8-4-15)17-5-10-20-11-6-17/h1-2,9H,3-8,10-12H2,(H,16,18). The van der Waals surface area contributed by atoms with Crippen molar-refractivity contribution < 1.29 is 9.53 Å². The van der Waals surface area contributed by atoms with Crippen LogP contribution in [0.25, 0.3) is 0 Å². The normalized spacial score (nSPS) is 22.9. The van der Waals surface area contributed by atoms with Crippen LogP contribution in [0.2, 0.25) is 0 Å². The monoisotopic (exact) mass is 326 g/mol. The van der Waals surface area contributed by atoms with Gasteiger partial charge in [-0.05, 0) is 24.3 Å². The van der Waals surface area contributed by atoms with Crippen molar-refractivity contribution in [2.45, 2.75) is 18.4 Å². The zero-order valence-corrected chi connectivity index (χ0v) is 13.8. The molecule has 0 atom stereocenters. The number of nitrogens with zero attached hydrogens (tertiary/aromatic N) is 1. The summed E-state index contributed by atoms with van der Waals surface area (Å²) in [7, 11) is 0. The Kier molecular flexibility index (Phi) is 5.21. The number of carbonyl (C=O) groups is 1. The van der Waals surface area contributed by atoms with Crippen molar-refractivity contribution in [3.63, 3.8) is 0 Å². The molecule has 1 amide bonds. The molecule has 4 nitrogen and oxygen atoms in total. The van der Waals surface area contributed by atoms with Crippen LogP contribution in [0.3, 0.4) is 0 Å². The van der Waals surface area contributed by atoms with E-state index in [1.165, 1.54) is 22.8 Å². The number of thiophene rings is 1. The number of rotatable bonds is 4. The number of hydrogen-bond acceptors (Lipinski definition) is 5. The molecule has 21 heavy (non-hydrogen) atoms. The Labute approximate surface area is 134 Å². The van der Waals surface area contributed by atoms with Gasteiger partial charge in [0, 0.05) is 49.9 Å². The van der Waals surface area contributed by atoms with Crippen molar-refractivity contribution in [1.29, 1.82) is 0 Å². The van der Waals surface area contributed by atoms with Crippen LogP contribution < -0.4 is 5.32 Å². The lowest BCUT2D eigenvalue weighted by Crippen LogP contribution is -2.60. The molecular weight excluding hydrogens is 304 g/mol. The average molecular weight is 326 g/mol. The second-order valence-electron chi connectivity index (χ2n) is 5.60. The fourth-order valence-corrected chi connectivity index (χ4v) is 4.68. The van der Waals surface area contributed by atoms with E-state index in [1.54, 1.807) is 0 Å². The number of carbonyl (C=O) groups excluding carboxylic acids is 1. The van der Waals surface area contributed by atoms with Gasteiger partial charge in [0.2, 0.25) is 0 Å². The molecule has 0 saturated carbocycles. The van der Waals surface area contributed by atoms with Gasteiger partial charge in [-0.3, -0.25) is 9.69 Å². The zero-order valence-electron chi connectivity index (χ0n) is 12.2. The van der Waals surface area contributed by atoms with Gasteiger partial charge in [-0.2, -0.15) is 11.8 Å². The molecule has 0 bridgehead atoms. The van der Waals surface area contributed by atoms with E-state index in [0.29, 0.717) is 0 Å². The smallest absolute Gasteiger partial charge is 0.261 e. The van der Waals surface area contributed by atoms with E-state index in [1.807, 2.05) is 29.3 Å². The van der Waals surface area contributed by atoms with Crippen LogP contribution in [0.15, 0.2) is 17.5 Å². The van der Waals surface area contributed by atoms with Crippen LogP contribution >= 0.6 is 23.1 Å². The molecule has 0 aliphatic carbocycles. The third-order valence-corrected chi connectivity index (χ3v) is 6.24. The predicted molar refractivity (Wildman–Crippen MR) is 88.3 cm³/mol. The Balaban J connectivity index is 1.65. The maximum Gasteiger partial charge on any atom is 0.261 e. The van der Waals surface area contributed by atoms with E-state index < -0.39 is 0 Å². The Bertz CT molecular complexity index is 452. The zero-order chi connectivity index (χ0) is 14.5. The summed E-state index contributed by atoms with van der Waals surface area (Å²) in [6.07, 6.45) is 2.03. The third-order valence-electron chi connectivity index (χ3n) is 4.43. The molecule has 2 fully saturated rings. The average Bonchev–Trinajstić information content (AvgIpc) is 3.09. The highest BCUT2D eigenvalue weighted by atomic mass is 32.2. The van der Waals surface area contributed by atoms with E-state index in [9.17, 15) is 4.79 Å². The van der Waals surface area contributed by atoms with Gasteiger partial charge >= 0.3 is 0 Å². The molecule has 0 unspecified atom stereocenters. The maximum atomic E-state index is 12.2. The molecule has 0 aromatic carbocycles. The van der Waals surface area contributed by atoms with Gasteiger partial charge in [-0.1, -0.05) is 6.07 Å². The predicted octanol–water partition coefficient (Wildman–Crippen LogP) is 2.08. The quantitative estimate of drug-likeness (QED) is 0.920. The first-order valence-electron chi connectivity index (χ1n) is 7.52. The van der Waals surface area contributed by atoms with E-state index in [4.69, 9.17) is 4.74 Å². The third kappa shape index (κ3) is 3.62. The fraction of sp³-hybridized carbons (Fsp3) is 0.667. The highest BCUT2D eigenvalue weighted by Crippen LogP contribution is 2.30. The van der Waals surface area contributed by atoms with Crippen molar-refractivity contribution in [3.8, 4) is 0 Å². The van der Waals surface area contributed by atoms with Crippen LogP contribution in [-0.2, 0) is 4.74 Å². The summed E-state index contributed by atoms with van der Waals surface area (Å²) in [6.45, 7) is 4.59. The van der Waals surface area contributed by atoms with Crippen LogP contribution in [0.4, 0.5) is 0 Å². The molecule has 2 aliphatic heterocycles.